The molecule has 1 unspecified atom stereocenters. The lowest BCUT2D eigenvalue weighted by molar-refractivity contribution is -0.114. The molecule has 0 bridgehead atoms. The van der Waals surface area contributed by atoms with Gasteiger partial charge in [-0.15, -0.1) is 0 Å². The van der Waals surface area contributed by atoms with Gasteiger partial charge in [-0.1, -0.05) is 0 Å². The summed E-state index contributed by atoms with van der Waals surface area (Å²) in [7, 11) is 0. The van der Waals surface area contributed by atoms with Gasteiger partial charge in [0.25, 0.3) is 5.91 Å². The predicted octanol–water partition coefficient (Wildman–Crippen LogP) is 3.82. The number of amides is 2. The Kier molecular flexibility index (Phi) is 7.60. The van der Waals surface area contributed by atoms with Crippen LogP contribution in [0.3, 0.4) is 0 Å². The molecule has 3 aromatic rings. The molecule has 2 heterocycles. The number of hydrogen-bond donors (Lipinski definition) is 3. The molecule has 1 aromatic heterocycles. The summed E-state index contributed by atoms with van der Waals surface area (Å²) in [5.74, 6) is 1.05. The summed E-state index contributed by atoms with van der Waals surface area (Å²) in [6, 6.07) is 17.7. The van der Waals surface area contributed by atoms with Crippen LogP contribution in [-0.4, -0.2) is 37.7 Å². The van der Waals surface area contributed by atoms with Gasteiger partial charge in [0.15, 0.2) is 0 Å². The molecule has 1 aliphatic rings. The van der Waals surface area contributed by atoms with E-state index in [0.717, 1.165) is 30.9 Å². The van der Waals surface area contributed by atoms with Crippen LogP contribution in [0.15, 0.2) is 71.3 Å². The lowest BCUT2D eigenvalue weighted by Gasteiger charge is -2.12. The summed E-state index contributed by atoms with van der Waals surface area (Å²) < 4.78 is 16.5. The van der Waals surface area contributed by atoms with Gasteiger partial charge in [-0.05, 0) is 73.5 Å². The van der Waals surface area contributed by atoms with Gasteiger partial charge in [-0.3, -0.25) is 9.59 Å². The Hall–Kier alpha value is -3.78. The molecule has 1 fully saturated rings. The number of furan rings is 1. The lowest BCUT2D eigenvalue weighted by Crippen LogP contribution is -2.23. The maximum atomic E-state index is 12.3. The molecule has 8 heteroatoms. The minimum absolute atomic E-state index is 0.113. The smallest absolute Gasteiger partial charge is 0.251 e. The summed E-state index contributed by atoms with van der Waals surface area (Å²) in [4.78, 5) is 24.5. The summed E-state index contributed by atoms with van der Waals surface area (Å²) >= 11 is 0. The molecule has 1 atom stereocenters. The predicted molar refractivity (Wildman–Crippen MR) is 124 cm³/mol. The molecule has 33 heavy (non-hydrogen) atoms. The number of rotatable bonds is 10. The van der Waals surface area contributed by atoms with Crippen LogP contribution >= 0.6 is 0 Å². The molecular formula is C25H27N3O5. The molecule has 1 saturated heterocycles. The maximum absolute atomic E-state index is 12.3. The second-order valence-corrected chi connectivity index (χ2v) is 7.71. The number of carbonyl (C=O) groups is 2. The first-order valence-electron chi connectivity index (χ1n) is 10.9. The monoisotopic (exact) mass is 449 g/mol. The van der Waals surface area contributed by atoms with E-state index in [-0.39, 0.29) is 24.5 Å². The average molecular weight is 450 g/mol. The van der Waals surface area contributed by atoms with Crippen LogP contribution in [0.4, 0.5) is 11.4 Å². The quantitative estimate of drug-likeness (QED) is 0.435. The fourth-order valence-electron chi connectivity index (χ4n) is 3.41. The van der Waals surface area contributed by atoms with E-state index in [4.69, 9.17) is 13.9 Å². The average Bonchev–Trinajstić information content (AvgIpc) is 3.55. The van der Waals surface area contributed by atoms with E-state index in [1.54, 1.807) is 42.7 Å². The zero-order valence-corrected chi connectivity index (χ0v) is 18.2. The number of nitrogens with one attached hydrogen (secondary N) is 3. The molecule has 0 radical (unpaired) electrons. The molecule has 2 amide bonds. The second-order valence-electron chi connectivity index (χ2n) is 7.71. The third-order valence-corrected chi connectivity index (χ3v) is 5.20. The van der Waals surface area contributed by atoms with Crippen LogP contribution in [0.25, 0.3) is 0 Å². The van der Waals surface area contributed by atoms with E-state index < -0.39 is 0 Å². The third kappa shape index (κ3) is 6.85. The molecule has 4 rings (SSSR count). The van der Waals surface area contributed by atoms with Crippen LogP contribution in [0, 0.1) is 0 Å². The zero-order valence-electron chi connectivity index (χ0n) is 18.2. The topological polar surface area (TPSA) is 102 Å². The summed E-state index contributed by atoms with van der Waals surface area (Å²) in [5, 5.41) is 8.67. The molecule has 3 N–H and O–H groups in total. The van der Waals surface area contributed by atoms with Crippen LogP contribution < -0.4 is 20.7 Å². The summed E-state index contributed by atoms with van der Waals surface area (Å²) in [6.07, 6.45) is 3.86. The first-order valence-corrected chi connectivity index (χ1v) is 10.9. The standard InChI is InChI=1S/C25H27N3O5/c29-24(16-26-19-9-11-21(12-10-19)33-17-23-4-2-14-32-23)28-20-7-5-18(6-8-20)25(30)27-15-22-3-1-13-31-22/h1,3,5-13,23,26H,2,4,14-17H2,(H,27,30)(H,28,29). The van der Waals surface area contributed by atoms with Gasteiger partial charge >= 0.3 is 0 Å². The van der Waals surface area contributed by atoms with Crippen LogP contribution in [-0.2, 0) is 16.1 Å². The fourth-order valence-corrected chi connectivity index (χ4v) is 3.41. The van der Waals surface area contributed by atoms with E-state index in [1.165, 1.54) is 0 Å². The number of anilines is 2. The minimum atomic E-state index is -0.214. The summed E-state index contributed by atoms with van der Waals surface area (Å²) in [5.41, 5.74) is 1.93. The van der Waals surface area contributed by atoms with Gasteiger partial charge in [0, 0.05) is 23.5 Å². The molecule has 1 aliphatic heterocycles. The Morgan fingerprint density at radius 2 is 1.79 bits per heavy atom. The number of benzene rings is 2. The Balaban J connectivity index is 1.18. The summed E-state index contributed by atoms with van der Waals surface area (Å²) in [6.45, 7) is 1.80. The highest BCUT2D eigenvalue weighted by Crippen LogP contribution is 2.18. The van der Waals surface area contributed by atoms with Crippen molar-refractivity contribution < 1.29 is 23.5 Å². The van der Waals surface area contributed by atoms with Crippen molar-refractivity contribution in [3.05, 3.63) is 78.3 Å². The van der Waals surface area contributed by atoms with Crippen molar-refractivity contribution in [1.29, 1.82) is 0 Å². The highest BCUT2D eigenvalue weighted by atomic mass is 16.5. The van der Waals surface area contributed by atoms with Gasteiger partial charge < -0.3 is 29.8 Å². The van der Waals surface area contributed by atoms with Gasteiger partial charge in [-0.2, -0.15) is 0 Å². The first-order chi connectivity index (χ1) is 16.2. The van der Waals surface area contributed by atoms with E-state index in [0.29, 0.717) is 30.2 Å². The molecular weight excluding hydrogens is 422 g/mol. The van der Waals surface area contributed by atoms with Crippen molar-refractivity contribution in [2.45, 2.75) is 25.5 Å². The minimum Gasteiger partial charge on any atom is -0.491 e. The normalized spacial score (nSPS) is 15.1. The Morgan fingerprint density at radius 3 is 2.48 bits per heavy atom. The van der Waals surface area contributed by atoms with Crippen molar-refractivity contribution in [2.75, 3.05) is 30.4 Å². The highest BCUT2D eigenvalue weighted by Gasteiger charge is 2.16. The fraction of sp³-hybridized carbons (Fsp3) is 0.280. The van der Waals surface area contributed by atoms with Gasteiger partial charge in [0.1, 0.15) is 18.1 Å². The molecule has 0 saturated carbocycles. The van der Waals surface area contributed by atoms with Crippen LogP contribution in [0.5, 0.6) is 5.75 Å². The van der Waals surface area contributed by atoms with E-state index >= 15 is 0 Å². The lowest BCUT2D eigenvalue weighted by atomic mass is 10.2. The zero-order chi connectivity index (χ0) is 22.9. The number of carbonyl (C=O) groups excluding carboxylic acids is 2. The van der Waals surface area contributed by atoms with E-state index in [9.17, 15) is 9.59 Å². The Labute approximate surface area is 192 Å². The molecule has 2 aromatic carbocycles. The second kappa shape index (κ2) is 11.2. The Bertz CT molecular complexity index is 1030. The number of hydrogen-bond acceptors (Lipinski definition) is 6. The SMILES string of the molecule is O=C(CNc1ccc(OCC2CCCO2)cc1)Nc1ccc(C(=O)NCc2ccco2)cc1. The number of ether oxygens (including phenoxy) is 2. The molecule has 172 valence electrons. The van der Waals surface area contributed by atoms with Crippen molar-refractivity contribution >= 4 is 23.2 Å². The molecule has 8 nitrogen and oxygen atoms in total. The molecule has 0 spiro atoms. The third-order valence-electron chi connectivity index (χ3n) is 5.20. The van der Waals surface area contributed by atoms with Gasteiger partial charge in [0.05, 0.1) is 25.5 Å². The van der Waals surface area contributed by atoms with Gasteiger partial charge in [-0.25, -0.2) is 0 Å². The maximum Gasteiger partial charge on any atom is 0.251 e. The van der Waals surface area contributed by atoms with Crippen molar-refractivity contribution in [1.82, 2.24) is 5.32 Å². The Morgan fingerprint density at radius 1 is 1.00 bits per heavy atom. The van der Waals surface area contributed by atoms with Crippen LogP contribution in [0.1, 0.15) is 29.0 Å². The highest BCUT2D eigenvalue weighted by molar-refractivity contribution is 5.96. The largest absolute Gasteiger partial charge is 0.491 e. The van der Waals surface area contributed by atoms with Crippen molar-refractivity contribution in [3.63, 3.8) is 0 Å². The van der Waals surface area contributed by atoms with Crippen molar-refractivity contribution in [3.8, 4) is 5.75 Å². The van der Waals surface area contributed by atoms with Crippen molar-refractivity contribution in [2.24, 2.45) is 0 Å². The van der Waals surface area contributed by atoms with E-state index in [1.807, 2.05) is 24.3 Å². The van der Waals surface area contributed by atoms with Gasteiger partial charge in [0.2, 0.25) is 5.91 Å². The first kappa shape index (κ1) is 22.4. The van der Waals surface area contributed by atoms with Crippen LogP contribution in [0.2, 0.25) is 0 Å². The molecule has 0 aliphatic carbocycles. The van der Waals surface area contributed by atoms with E-state index in [2.05, 4.69) is 16.0 Å².